The van der Waals surface area contributed by atoms with Crippen LogP contribution in [0.1, 0.15) is 31.2 Å². The number of nitrogens with one attached hydrogen (secondary N) is 1. The Morgan fingerprint density at radius 3 is 2.67 bits per heavy atom. The molecule has 3 N–H and O–H groups in total. The van der Waals surface area contributed by atoms with Crippen molar-refractivity contribution in [1.29, 1.82) is 0 Å². The van der Waals surface area contributed by atoms with Gasteiger partial charge >= 0.3 is 0 Å². The Labute approximate surface area is 120 Å². The van der Waals surface area contributed by atoms with Gasteiger partial charge in [0.05, 0.1) is 3.79 Å². The summed E-state index contributed by atoms with van der Waals surface area (Å²) in [5, 5.41) is 0. The third kappa shape index (κ3) is 3.14. The molecule has 18 heavy (non-hydrogen) atoms. The van der Waals surface area contributed by atoms with Gasteiger partial charge in [0.2, 0.25) is 10.0 Å². The second kappa shape index (κ2) is 5.58. The van der Waals surface area contributed by atoms with Crippen molar-refractivity contribution in [3.8, 4) is 0 Å². The lowest BCUT2D eigenvalue weighted by atomic mass is 9.92. The minimum absolute atomic E-state index is 0.0713. The number of nitrogens with two attached hydrogens (primary N) is 1. The first-order valence-corrected chi connectivity index (χ1v) is 9.03. The molecule has 0 spiro atoms. The molecule has 0 aliphatic heterocycles. The largest absolute Gasteiger partial charge is 0.326 e. The van der Waals surface area contributed by atoms with Crippen molar-refractivity contribution in [2.45, 2.75) is 48.9 Å². The van der Waals surface area contributed by atoms with Crippen LogP contribution in [0.25, 0.3) is 0 Å². The van der Waals surface area contributed by atoms with Gasteiger partial charge in [-0.1, -0.05) is 12.8 Å². The van der Waals surface area contributed by atoms with Crippen molar-refractivity contribution in [3.63, 3.8) is 0 Å². The van der Waals surface area contributed by atoms with Gasteiger partial charge in [0.25, 0.3) is 0 Å². The molecule has 4 nitrogen and oxygen atoms in total. The third-order valence-electron chi connectivity index (χ3n) is 3.23. The minimum atomic E-state index is -3.44. The Morgan fingerprint density at radius 2 is 2.11 bits per heavy atom. The highest BCUT2D eigenvalue weighted by atomic mass is 79.9. The molecular formula is C11H17BrN2O2S2. The highest BCUT2D eigenvalue weighted by Gasteiger charge is 2.28. The second-order valence-electron chi connectivity index (χ2n) is 4.70. The maximum atomic E-state index is 12.2. The third-order valence-corrected chi connectivity index (χ3v) is 7.33. The smallest absolute Gasteiger partial charge is 0.250 e. The molecular weight excluding hydrogens is 336 g/mol. The number of hydrogen-bond acceptors (Lipinski definition) is 4. The lowest BCUT2D eigenvalue weighted by molar-refractivity contribution is 0.361. The van der Waals surface area contributed by atoms with E-state index in [9.17, 15) is 8.42 Å². The first kappa shape index (κ1) is 14.5. The van der Waals surface area contributed by atoms with Crippen LogP contribution in [-0.4, -0.2) is 20.5 Å². The van der Waals surface area contributed by atoms with Crippen molar-refractivity contribution in [1.82, 2.24) is 4.72 Å². The number of aryl methyl sites for hydroxylation is 1. The van der Waals surface area contributed by atoms with Crippen LogP contribution in [-0.2, 0) is 10.0 Å². The Hall–Kier alpha value is 0.0500. The molecule has 0 aromatic carbocycles. The van der Waals surface area contributed by atoms with E-state index in [2.05, 4.69) is 20.7 Å². The van der Waals surface area contributed by atoms with E-state index in [0.29, 0.717) is 4.21 Å². The maximum absolute atomic E-state index is 12.2. The summed E-state index contributed by atoms with van der Waals surface area (Å²) in [6, 6.07) is 1.48. The summed E-state index contributed by atoms with van der Waals surface area (Å²) in [7, 11) is -3.44. The van der Waals surface area contributed by atoms with Crippen LogP contribution in [0, 0.1) is 6.92 Å². The van der Waals surface area contributed by atoms with Gasteiger partial charge in [-0.25, -0.2) is 13.1 Å². The lowest BCUT2D eigenvalue weighted by Crippen LogP contribution is -2.49. The number of sulfonamides is 1. The maximum Gasteiger partial charge on any atom is 0.250 e. The fraction of sp³-hybridized carbons (Fsp3) is 0.636. The predicted molar refractivity (Wildman–Crippen MR) is 77.3 cm³/mol. The molecule has 1 heterocycles. The molecule has 1 aliphatic carbocycles. The van der Waals surface area contributed by atoms with E-state index in [4.69, 9.17) is 5.73 Å². The quantitative estimate of drug-likeness (QED) is 0.876. The zero-order valence-corrected chi connectivity index (χ0v) is 13.4. The number of thiophene rings is 1. The molecule has 7 heteroatoms. The van der Waals surface area contributed by atoms with Gasteiger partial charge in [0.15, 0.2) is 0 Å². The van der Waals surface area contributed by atoms with Crippen molar-refractivity contribution in [2.24, 2.45) is 5.73 Å². The standard InChI is InChI=1S/C11H17BrN2O2S2/c1-7-6-10(17-11(7)12)18(15,16)14-9-5-3-2-4-8(9)13/h6,8-9,14H,2-5,13H2,1H3. The average molecular weight is 353 g/mol. The van der Waals surface area contributed by atoms with Gasteiger partial charge in [0.1, 0.15) is 4.21 Å². The summed E-state index contributed by atoms with van der Waals surface area (Å²) in [5.74, 6) is 0. The van der Waals surface area contributed by atoms with Crippen LogP contribution in [0.2, 0.25) is 0 Å². The highest BCUT2D eigenvalue weighted by Crippen LogP contribution is 2.31. The summed E-state index contributed by atoms with van der Waals surface area (Å²) in [6.45, 7) is 1.88. The van der Waals surface area contributed by atoms with Crippen LogP contribution >= 0.6 is 27.3 Å². The molecule has 2 atom stereocenters. The Kier molecular flexibility index (Phi) is 4.48. The normalized spacial score (nSPS) is 25.3. The van der Waals surface area contributed by atoms with E-state index in [1.54, 1.807) is 6.07 Å². The summed E-state index contributed by atoms with van der Waals surface area (Å²) in [5.41, 5.74) is 6.90. The first-order valence-electron chi connectivity index (χ1n) is 5.94. The number of hydrogen-bond donors (Lipinski definition) is 2. The lowest BCUT2D eigenvalue weighted by Gasteiger charge is -2.28. The SMILES string of the molecule is Cc1cc(S(=O)(=O)NC2CCCCC2N)sc1Br. The van der Waals surface area contributed by atoms with Crippen molar-refractivity contribution in [3.05, 3.63) is 15.4 Å². The molecule has 2 unspecified atom stereocenters. The minimum Gasteiger partial charge on any atom is -0.326 e. The Morgan fingerprint density at radius 1 is 1.44 bits per heavy atom. The number of halogens is 1. The molecule has 1 fully saturated rings. The van der Waals surface area contributed by atoms with Gasteiger partial charge in [-0.15, -0.1) is 11.3 Å². The summed E-state index contributed by atoms with van der Waals surface area (Å²) in [6.07, 6.45) is 3.84. The molecule has 0 radical (unpaired) electrons. The highest BCUT2D eigenvalue weighted by molar-refractivity contribution is 9.11. The van der Waals surface area contributed by atoms with Crippen LogP contribution in [0.5, 0.6) is 0 Å². The van der Waals surface area contributed by atoms with Crippen molar-refractivity contribution < 1.29 is 8.42 Å². The summed E-state index contributed by atoms with van der Waals surface area (Å²) in [4.78, 5) is 0. The van der Waals surface area contributed by atoms with E-state index < -0.39 is 10.0 Å². The van der Waals surface area contributed by atoms with Gasteiger partial charge in [-0.05, 0) is 47.3 Å². The molecule has 0 saturated heterocycles. The van der Waals surface area contributed by atoms with Crippen molar-refractivity contribution in [2.75, 3.05) is 0 Å². The topological polar surface area (TPSA) is 72.2 Å². The molecule has 1 aromatic heterocycles. The molecule has 1 aromatic rings. The van der Waals surface area contributed by atoms with Gasteiger partial charge < -0.3 is 5.73 Å². The number of rotatable bonds is 3. The average Bonchev–Trinajstić information content (AvgIpc) is 2.63. The zero-order valence-electron chi connectivity index (χ0n) is 10.1. The Balaban J connectivity index is 2.16. The van der Waals surface area contributed by atoms with Crippen LogP contribution in [0.3, 0.4) is 0 Å². The summed E-state index contributed by atoms with van der Waals surface area (Å²) < 4.78 is 28.4. The molecule has 0 amide bonds. The van der Waals surface area contributed by atoms with E-state index >= 15 is 0 Å². The summed E-state index contributed by atoms with van der Waals surface area (Å²) >= 11 is 4.58. The zero-order chi connectivity index (χ0) is 13.3. The molecule has 102 valence electrons. The van der Waals surface area contributed by atoms with Gasteiger partial charge in [-0.3, -0.25) is 0 Å². The Bertz CT molecular complexity index is 508. The predicted octanol–water partition coefficient (Wildman–Crippen LogP) is 2.37. The van der Waals surface area contributed by atoms with Crippen LogP contribution < -0.4 is 10.5 Å². The molecule has 2 rings (SSSR count). The van der Waals surface area contributed by atoms with Crippen LogP contribution in [0.4, 0.5) is 0 Å². The first-order chi connectivity index (χ1) is 8.40. The second-order valence-corrected chi connectivity index (χ2v) is 9.01. The van der Waals surface area contributed by atoms with Crippen molar-refractivity contribution >= 4 is 37.3 Å². The van der Waals surface area contributed by atoms with E-state index in [1.165, 1.54) is 11.3 Å². The van der Waals surface area contributed by atoms with Gasteiger partial charge in [-0.2, -0.15) is 0 Å². The monoisotopic (exact) mass is 352 g/mol. The fourth-order valence-corrected chi connectivity index (χ4v) is 5.69. The molecule has 1 saturated carbocycles. The van der Waals surface area contributed by atoms with Gasteiger partial charge in [0, 0.05) is 12.1 Å². The van der Waals surface area contributed by atoms with Crippen LogP contribution in [0.15, 0.2) is 14.1 Å². The molecule has 1 aliphatic rings. The van der Waals surface area contributed by atoms with E-state index in [1.807, 2.05) is 6.92 Å². The van der Waals surface area contributed by atoms with E-state index in [0.717, 1.165) is 35.0 Å². The van der Waals surface area contributed by atoms with E-state index in [-0.39, 0.29) is 12.1 Å². The molecule has 0 bridgehead atoms. The fourth-order valence-electron chi connectivity index (χ4n) is 2.13.